The van der Waals surface area contributed by atoms with Gasteiger partial charge in [-0.2, -0.15) is 0 Å². The van der Waals surface area contributed by atoms with E-state index < -0.39 is 0 Å². The fourth-order valence-corrected chi connectivity index (χ4v) is 2.08. The van der Waals surface area contributed by atoms with Crippen LogP contribution < -0.4 is 5.32 Å². The Hall–Kier alpha value is -0.410. The summed E-state index contributed by atoms with van der Waals surface area (Å²) in [6.45, 7) is 3.13. The summed E-state index contributed by atoms with van der Waals surface area (Å²) in [7, 11) is 1.99. The van der Waals surface area contributed by atoms with Gasteiger partial charge in [-0.1, -0.05) is 0 Å². The van der Waals surface area contributed by atoms with Crippen molar-refractivity contribution in [2.24, 2.45) is 0 Å². The summed E-state index contributed by atoms with van der Waals surface area (Å²) < 4.78 is 5.21. The van der Waals surface area contributed by atoms with Gasteiger partial charge in [-0.3, -0.25) is 0 Å². The Morgan fingerprint density at radius 1 is 1.46 bits per heavy atom. The molecule has 1 aromatic heterocycles. The van der Waals surface area contributed by atoms with Crippen molar-refractivity contribution in [1.82, 2.24) is 5.32 Å². The lowest BCUT2D eigenvalue weighted by Crippen LogP contribution is -2.07. The molecule has 0 fully saturated rings. The molecule has 0 atom stereocenters. The largest absolute Gasteiger partial charge is 0.468 e. The van der Waals surface area contributed by atoms with Crippen LogP contribution in [0.3, 0.4) is 0 Å². The molecule has 1 aromatic rings. The van der Waals surface area contributed by atoms with Crippen molar-refractivity contribution in [3.05, 3.63) is 18.1 Å². The van der Waals surface area contributed by atoms with Crippen molar-refractivity contribution < 1.29 is 4.42 Å². The van der Waals surface area contributed by atoms with Gasteiger partial charge in [0, 0.05) is 4.90 Å². The van der Waals surface area contributed by atoms with Gasteiger partial charge in [-0.15, -0.1) is 11.8 Å². The second kappa shape index (κ2) is 6.11. The summed E-state index contributed by atoms with van der Waals surface area (Å²) in [5.74, 6) is 2.22. The normalized spacial score (nSPS) is 10.6. The molecule has 13 heavy (non-hydrogen) atoms. The molecule has 0 aliphatic carbocycles. The van der Waals surface area contributed by atoms with E-state index in [-0.39, 0.29) is 0 Å². The SMILES string of the molecule is CNCCCCSc1ccoc1C. The fraction of sp³-hybridized carbons (Fsp3) is 0.600. The molecule has 0 aromatic carbocycles. The van der Waals surface area contributed by atoms with Crippen LogP contribution in [0, 0.1) is 6.92 Å². The van der Waals surface area contributed by atoms with E-state index in [0.717, 1.165) is 12.3 Å². The first kappa shape index (κ1) is 10.7. The standard InChI is InChI=1S/C10H17NOS/c1-9-10(5-7-12-9)13-8-4-3-6-11-2/h5,7,11H,3-4,6,8H2,1-2H3. The van der Waals surface area contributed by atoms with E-state index in [4.69, 9.17) is 4.42 Å². The topological polar surface area (TPSA) is 25.2 Å². The lowest BCUT2D eigenvalue weighted by atomic mass is 10.3. The highest BCUT2D eigenvalue weighted by atomic mass is 32.2. The van der Waals surface area contributed by atoms with Crippen LogP contribution in [0.1, 0.15) is 18.6 Å². The summed E-state index contributed by atoms with van der Waals surface area (Å²) in [5.41, 5.74) is 0. The molecule has 0 saturated heterocycles. The molecule has 1 rings (SSSR count). The fourth-order valence-electron chi connectivity index (χ4n) is 1.11. The van der Waals surface area contributed by atoms with Crippen molar-refractivity contribution in [1.29, 1.82) is 0 Å². The van der Waals surface area contributed by atoms with Gasteiger partial charge in [0.05, 0.1) is 6.26 Å². The van der Waals surface area contributed by atoms with E-state index in [1.54, 1.807) is 6.26 Å². The van der Waals surface area contributed by atoms with Crippen molar-refractivity contribution in [2.75, 3.05) is 19.3 Å². The molecular formula is C10H17NOS. The lowest BCUT2D eigenvalue weighted by Gasteiger charge is -1.99. The van der Waals surface area contributed by atoms with Crippen molar-refractivity contribution in [3.8, 4) is 0 Å². The molecule has 2 nitrogen and oxygen atoms in total. The van der Waals surface area contributed by atoms with Gasteiger partial charge in [0.2, 0.25) is 0 Å². The third kappa shape index (κ3) is 3.87. The summed E-state index contributed by atoms with van der Waals surface area (Å²) in [6, 6.07) is 2.04. The van der Waals surface area contributed by atoms with E-state index in [2.05, 4.69) is 5.32 Å². The van der Waals surface area contributed by atoms with E-state index in [9.17, 15) is 0 Å². The average molecular weight is 199 g/mol. The van der Waals surface area contributed by atoms with E-state index in [1.165, 1.54) is 23.5 Å². The maximum Gasteiger partial charge on any atom is 0.114 e. The molecule has 0 radical (unpaired) electrons. The van der Waals surface area contributed by atoms with E-state index in [1.807, 2.05) is 31.8 Å². The van der Waals surface area contributed by atoms with Crippen LogP contribution in [0.2, 0.25) is 0 Å². The average Bonchev–Trinajstić information content (AvgIpc) is 2.52. The van der Waals surface area contributed by atoms with Crippen molar-refractivity contribution in [2.45, 2.75) is 24.7 Å². The van der Waals surface area contributed by atoms with Crippen LogP contribution in [-0.2, 0) is 0 Å². The van der Waals surface area contributed by atoms with Gasteiger partial charge in [-0.25, -0.2) is 0 Å². The maximum atomic E-state index is 5.21. The Bertz CT molecular complexity index is 235. The van der Waals surface area contributed by atoms with Gasteiger partial charge < -0.3 is 9.73 Å². The number of hydrogen-bond donors (Lipinski definition) is 1. The minimum Gasteiger partial charge on any atom is -0.468 e. The quantitative estimate of drug-likeness (QED) is 0.563. The predicted molar refractivity (Wildman–Crippen MR) is 57.3 cm³/mol. The van der Waals surface area contributed by atoms with E-state index in [0.29, 0.717) is 0 Å². The molecule has 0 amide bonds. The van der Waals surface area contributed by atoms with Gasteiger partial charge in [0.1, 0.15) is 5.76 Å². The molecule has 0 bridgehead atoms. The van der Waals surface area contributed by atoms with Gasteiger partial charge in [-0.05, 0) is 45.2 Å². The minimum absolute atomic E-state index is 1.04. The third-order valence-corrected chi connectivity index (χ3v) is 3.12. The molecule has 0 spiro atoms. The minimum atomic E-state index is 1.04. The Labute approximate surface area is 84.1 Å². The van der Waals surface area contributed by atoms with Crippen molar-refractivity contribution >= 4 is 11.8 Å². The number of aryl methyl sites for hydroxylation is 1. The second-order valence-electron chi connectivity index (χ2n) is 3.00. The Morgan fingerprint density at radius 2 is 2.31 bits per heavy atom. The van der Waals surface area contributed by atoms with Crippen LogP contribution >= 0.6 is 11.8 Å². The first-order valence-corrected chi connectivity index (χ1v) is 5.64. The first-order valence-electron chi connectivity index (χ1n) is 4.66. The molecule has 1 N–H and O–H groups in total. The third-order valence-electron chi connectivity index (χ3n) is 1.89. The molecule has 1 heterocycles. The maximum absolute atomic E-state index is 5.21. The highest BCUT2D eigenvalue weighted by Gasteiger charge is 2.00. The van der Waals surface area contributed by atoms with Crippen LogP contribution in [0.4, 0.5) is 0 Å². The summed E-state index contributed by atoms with van der Waals surface area (Å²) in [5, 5.41) is 3.14. The molecule has 0 aliphatic heterocycles. The van der Waals surface area contributed by atoms with Crippen LogP contribution in [-0.4, -0.2) is 19.3 Å². The highest BCUT2D eigenvalue weighted by molar-refractivity contribution is 7.99. The molecular weight excluding hydrogens is 182 g/mol. The molecule has 0 unspecified atom stereocenters. The van der Waals surface area contributed by atoms with E-state index >= 15 is 0 Å². The number of nitrogens with one attached hydrogen (secondary N) is 1. The monoisotopic (exact) mass is 199 g/mol. The first-order chi connectivity index (χ1) is 6.34. The van der Waals surface area contributed by atoms with Crippen LogP contribution in [0.5, 0.6) is 0 Å². The molecule has 0 saturated carbocycles. The Morgan fingerprint density at radius 3 is 2.92 bits per heavy atom. The number of rotatable bonds is 6. The molecule has 0 aliphatic rings. The number of hydrogen-bond acceptors (Lipinski definition) is 3. The highest BCUT2D eigenvalue weighted by Crippen LogP contribution is 2.23. The zero-order chi connectivity index (χ0) is 9.52. The Kier molecular flexibility index (Phi) is 5.01. The Balaban J connectivity index is 2.10. The van der Waals surface area contributed by atoms with Crippen LogP contribution in [0.25, 0.3) is 0 Å². The van der Waals surface area contributed by atoms with Gasteiger partial charge >= 0.3 is 0 Å². The zero-order valence-electron chi connectivity index (χ0n) is 8.30. The molecule has 74 valence electrons. The molecule has 3 heteroatoms. The number of thioether (sulfide) groups is 1. The predicted octanol–water partition coefficient (Wildman–Crippen LogP) is 2.68. The van der Waals surface area contributed by atoms with Crippen molar-refractivity contribution in [3.63, 3.8) is 0 Å². The smallest absolute Gasteiger partial charge is 0.114 e. The number of unbranched alkanes of at least 4 members (excludes halogenated alkanes) is 1. The lowest BCUT2D eigenvalue weighted by molar-refractivity contribution is 0.527. The summed E-state index contributed by atoms with van der Waals surface area (Å²) >= 11 is 1.88. The second-order valence-corrected chi connectivity index (χ2v) is 4.14. The zero-order valence-corrected chi connectivity index (χ0v) is 9.12. The van der Waals surface area contributed by atoms with Crippen LogP contribution in [0.15, 0.2) is 21.6 Å². The summed E-state index contributed by atoms with van der Waals surface area (Å²) in [4.78, 5) is 1.28. The number of furan rings is 1. The van der Waals surface area contributed by atoms with Gasteiger partial charge in [0.15, 0.2) is 0 Å². The van der Waals surface area contributed by atoms with Gasteiger partial charge in [0.25, 0.3) is 0 Å². The summed E-state index contributed by atoms with van der Waals surface area (Å²) in [6.07, 6.45) is 4.27.